The summed E-state index contributed by atoms with van der Waals surface area (Å²) in [7, 11) is 0. The highest BCUT2D eigenvalue weighted by Gasteiger charge is 2.25. The molecule has 1 aliphatic rings. The van der Waals surface area contributed by atoms with Crippen LogP contribution in [0.4, 0.5) is 5.69 Å². The standard InChI is InChI=1S/C16H13ClN2O5/c17-11-4-3-9(7-10(11)14(20)18-8-1-2-8)19-15(21)12-5-6-13(24-12)16(22)23/h3-8H,1-2H2,(H,18,20)(H,19,21)(H,22,23). The van der Waals surface area contributed by atoms with E-state index in [0.717, 1.165) is 12.8 Å². The number of nitrogens with one attached hydrogen (secondary N) is 2. The molecule has 1 aromatic heterocycles. The minimum Gasteiger partial charge on any atom is -0.475 e. The van der Waals surface area contributed by atoms with E-state index in [4.69, 9.17) is 21.1 Å². The van der Waals surface area contributed by atoms with Gasteiger partial charge in [-0.05, 0) is 43.2 Å². The molecular weight excluding hydrogens is 336 g/mol. The second-order valence-electron chi connectivity index (χ2n) is 5.37. The van der Waals surface area contributed by atoms with Gasteiger partial charge in [0, 0.05) is 11.7 Å². The lowest BCUT2D eigenvalue weighted by molar-refractivity contribution is 0.0660. The van der Waals surface area contributed by atoms with Gasteiger partial charge < -0.3 is 20.2 Å². The van der Waals surface area contributed by atoms with E-state index in [1.54, 1.807) is 0 Å². The summed E-state index contributed by atoms with van der Waals surface area (Å²) in [6, 6.07) is 7.13. The van der Waals surface area contributed by atoms with Crippen LogP contribution in [0.3, 0.4) is 0 Å². The molecule has 1 saturated carbocycles. The number of hydrogen-bond acceptors (Lipinski definition) is 4. The molecule has 2 amide bonds. The van der Waals surface area contributed by atoms with Gasteiger partial charge >= 0.3 is 5.97 Å². The molecular formula is C16H13ClN2O5. The Morgan fingerprint density at radius 3 is 2.42 bits per heavy atom. The Morgan fingerprint density at radius 1 is 1.08 bits per heavy atom. The number of carboxylic acid groups (broad SMARTS) is 1. The van der Waals surface area contributed by atoms with Crippen LogP contribution >= 0.6 is 11.6 Å². The Kier molecular flexibility index (Phi) is 4.26. The molecule has 0 spiro atoms. The Bertz CT molecular complexity index is 826. The Hall–Kier alpha value is -2.80. The van der Waals surface area contributed by atoms with Gasteiger partial charge in [-0.2, -0.15) is 0 Å². The summed E-state index contributed by atoms with van der Waals surface area (Å²) in [4.78, 5) is 34.9. The first kappa shape index (κ1) is 16.1. The van der Waals surface area contributed by atoms with E-state index in [-0.39, 0.29) is 34.1 Å². The number of benzene rings is 1. The largest absolute Gasteiger partial charge is 0.475 e. The third kappa shape index (κ3) is 3.57. The molecule has 7 nitrogen and oxygen atoms in total. The predicted molar refractivity (Wildman–Crippen MR) is 85.6 cm³/mol. The molecule has 0 saturated heterocycles. The van der Waals surface area contributed by atoms with Gasteiger partial charge in [-0.3, -0.25) is 9.59 Å². The third-order valence-electron chi connectivity index (χ3n) is 3.42. The van der Waals surface area contributed by atoms with Gasteiger partial charge in [0.2, 0.25) is 5.76 Å². The monoisotopic (exact) mass is 348 g/mol. The Labute approximate surface area is 141 Å². The van der Waals surface area contributed by atoms with E-state index in [1.165, 1.54) is 30.3 Å². The smallest absolute Gasteiger partial charge is 0.371 e. The molecule has 3 rings (SSSR count). The van der Waals surface area contributed by atoms with Crippen molar-refractivity contribution in [3.05, 3.63) is 52.4 Å². The number of anilines is 1. The summed E-state index contributed by atoms with van der Waals surface area (Å²) < 4.78 is 4.92. The van der Waals surface area contributed by atoms with Gasteiger partial charge in [0.15, 0.2) is 5.76 Å². The fourth-order valence-corrected chi connectivity index (χ4v) is 2.24. The van der Waals surface area contributed by atoms with Crippen molar-refractivity contribution < 1.29 is 23.9 Å². The number of halogens is 1. The minimum atomic E-state index is -1.26. The average Bonchev–Trinajstić information content (AvgIpc) is 3.20. The fraction of sp³-hybridized carbons (Fsp3) is 0.188. The first-order valence-electron chi connectivity index (χ1n) is 7.19. The number of carbonyl (C=O) groups is 3. The third-order valence-corrected chi connectivity index (χ3v) is 3.75. The average molecular weight is 349 g/mol. The summed E-state index contributed by atoms with van der Waals surface area (Å²) in [6.07, 6.45) is 1.90. The lowest BCUT2D eigenvalue weighted by atomic mass is 10.2. The van der Waals surface area contributed by atoms with E-state index < -0.39 is 11.9 Å². The van der Waals surface area contributed by atoms with Crippen molar-refractivity contribution >= 4 is 35.1 Å². The first-order chi connectivity index (χ1) is 11.4. The Morgan fingerprint density at radius 2 is 1.79 bits per heavy atom. The van der Waals surface area contributed by atoms with Crippen molar-refractivity contribution in [3.63, 3.8) is 0 Å². The first-order valence-corrected chi connectivity index (χ1v) is 7.57. The molecule has 1 fully saturated rings. The molecule has 1 aromatic carbocycles. The maximum absolute atomic E-state index is 12.1. The maximum atomic E-state index is 12.1. The molecule has 3 N–H and O–H groups in total. The molecule has 124 valence electrons. The second-order valence-corrected chi connectivity index (χ2v) is 5.77. The lowest BCUT2D eigenvalue weighted by Gasteiger charge is -2.09. The zero-order valence-electron chi connectivity index (χ0n) is 12.3. The molecule has 24 heavy (non-hydrogen) atoms. The van der Waals surface area contributed by atoms with Gasteiger partial charge in [-0.15, -0.1) is 0 Å². The lowest BCUT2D eigenvalue weighted by Crippen LogP contribution is -2.25. The van der Waals surface area contributed by atoms with Gasteiger partial charge in [0.05, 0.1) is 10.6 Å². The van der Waals surface area contributed by atoms with Crippen LogP contribution in [0.2, 0.25) is 5.02 Å². The normalized spacial score (nSPS) is 13.4. The number of rotatable bonds is 5. The van der Waals surface area contributed by atoms with Crippen molar-refractivity contribution in [2.45, 2.75) is 18.9 Å². The number of carbonyl (C=O) groups excluding carboxylic acids is 2. The maximum Gasteiger partial charge on any atom is 0.371 e. The van der Waals surface area contributed by atoms with Gasteiger partial charge in [0.1, 0.15) is 0 Å². The molecule has 0 bridgehead atoms. The van der Waals surface area contributed by atoms with Crippen LogP contribution < -0.4 is 10.6 Å². The number of hydrogen-bond donors (Lipinski definition) is 3. The van der Waals surface area contributed by atoms with E-state index in [1.807, 2.05) is 0 Å². The minimum absolute atomic E-state index is 0.147. The van der Waals surface area contributed by atoms with E-state index in [2.05, 4.69) is 10.6 Å². The van der Waals surface area contributed by atoms with Crippen LogP contribution in [-0.4, -0.2) is 28.9 Å². The summed E-state index contributed by atoms with van der Waals surface area (Å²) in [5, 5.41) is 14.4. The van der Waals surface area contributed by atoms with Crippen LogP contribution in [-0.2, 0) is 0 Å². The van der Waals surface area contributed by atoms with Crippen molar-refractivity contribution in [3.8, 4) is 0 Å². The SMILES string of the molecule is O=C(O)c1ccc(C(=O)Nc2ccc(Cl)c(C(=O)NC3CC3)c2)o1. The molecule has 0 aliphatic heterocycles. The zero-order chi connectivity index (χ0) is 17.3. The van der Waals surface area contributed by atoms with Gasteiger partial charge in [-0.25, -0.2) is 4.79 Å². The molecule has 0 radical (unpaired) electrons. The molecule has 8 heteroatoms. The van der Waals surface area contributed by atoms with Crippen molar-refractivity contribution in [2.75, 3.05) is 5.32 Å². The van der Waals surface area contributed by atoms with Crippen molar-refractivity contribution in [1.82, 2.24) is 5.32 Å². The molecule has 0 atom stereocenters. The van der Waals surface area contributed by atoms with Crippen LogP contribution in [0.1, 0.15) is 44.3 Å². The summed E-state index contributed by atoms with van der Waals surface area (Å²) in [5.41, 5.74) is 0.602. The number of furan rings is 1. The topological polar surface area (TPSA) is 109 Å². The highest BCUT2D eigenvalue weighted by atomic mass is 35.5. The summed E-state index contributed by atoms with van der Waals surface area (Å²) in [5.74, 6) is -2.67. The van der Waals surface area contributed by atoms with Crippen LogP contribution in [0.5, 0.6) is 0 Å². The number of aromatic carboxylic acids is 1. The second kappa shape index (κ2) is 6.37. The van der Waals surface area contributed by atoms with Crippen molar-refractivity contribution in [1.29, 1.82) is 0 Å². The summed E-state index contributed by atoms with van der Waals surface area (Å²) in [6.45, 7) is 0. The van der Waals surface area contributed by atoms with Crippen LogP contribution in [0.25, 0.3) is 0 Å². The fourth-order valence-electron chi connectivity index (χ4n) is 2.04. The van der Waals surface area contributed by atoms with E-state index in [0.29, 0.717) is 5.69 Å². The van der Waals surface area contributed by atoms with E-state index in [9.17, 15) is 14.4 Å². The molecule has 0 unspecified atom stereocenters. The van der Waals surface area contributed by atoms with Crippen molar-refractivity contribution in [2.24, 2.45) is 0 Å². The molecule has 2 aromatic rings. The Balaban J connectivity index is 1.75. The molecule has 1 heterocycles. The van der Waals surface area contributed by atoms with Crippen LogP contribution in [0, 0.1) is 0 Å². The number of carboxylic acids is 1. The van der Waals surface area contributed by atoms with Gasteiger partial charge in [-0.1, -0.05) is 11.6 Å². The quantitative estimate of drug-likeness (QED) is 0.769. The molecule has 1 aliphatic carbocycles. The predicted octanol–water partition coefficient (Wildman–Crippen LogP) is 2.78. The highest BCUT2D eigenvalue weighted by molar-refractivity contribution is 6.34. The van der Waals surface area contributed by atoms with Gasteiger partial charge in [0.25, 0.3) is 11.8 Å². The van der Waals surface area contributed by atoms with Crippen LogP contribution in [0.15, 0.2) is 34.7 Å². The number of amides is 2. The summed E-state index contributed by atoms with van der Waals surface area (Å²) >= 11 is 6.03. The highest BCUT2D eigenvalue weighted by Crippen LogP contribution is 2.24. The zero-order valence-corrected chi connectivity index (χ0v) is 13.1. The van der Waals surface area contributed by atoms with E-state index >= 15 is 0 Å².